The lowest BCUT2D eigenvalue weighted by Crippen LogP contribution is -2.42. The van der Waals surface area contributed by atoms with Crippen molar-refractivity contribution >= 4 is 27.6 Å². The number of esters is 1. The Balaban J connectivity index is 1.90. The first-order valence-corrected chi connectivity index (χ1v) is 11.3. The lowest BCUT2D eigenvalue weighted by Gasteiger charge is -2.45. The summed E-state index contributed by atoms with van der Waals surface area (Å²) in [6.07, 6.45) is 7.50. The topological polar surface area (TPSA) is 62.7 Å². The molecule has 0 bridgehead atoms. The number of carbonyl (C=O) groups excluding carboxylic acids is 1. The fraction of sp³-hybridized carbons (Fsp3) is 0.727. The molecular weight excluding hydrogens is 420 g/mol. The first kappa shape index (κ1) is 21.6. The van der Waals surface area contributed by atoms with Crippen molar-refractivity contribution in [3.8, 4) is 0 Å². The zero-order valence-corrected chi connectivity index (χ0v) is 19.1. The summed E-state index contributed by atoms with van der Waals surface area (Å²) in [7, 11) is 0. The van der Waals surface area contributed by atoms with E-state index >= 15 is 0 Å². The number of hydrogen-bond donors (Lipinski definition) is 1. The van der Waals surface area contributed by atoms with Crippen LogP contribution < -0.4 is 4.90 Å². The highest BCUT2D eigenvalue weighted by Crippen LogP contribution is 2.47. The minimum atomic E-state index is -1.33. The summed E-state index contributed by atoms with van der Waals surface area (Å²) in [5.74, 6) is -0.613. The molecule has 1 aromatic heterocycles. The van der Waals surface area contributed by atoms with E-state index in [0.717, 1.165) is 28.9 Å². The number of halogens is 1. The molecule has 1 saturated carbocycles. The molecule has 156 valence electrons. The molecule has 1 spiro atoms. The van der Waals surface area contributed by atoms with Gasteiger partial charge in [-0.2, -0.15) is 0 Å². The van der Waals surface area contributed by atoms with Gasteiger partial charge < -0.3 is 14.7 Å². The molecule has 3 rings (SSSR count). The number of hydrogen-bond acceptors (Lipinski definition) is 5. The normalized spacial score (nSPS) is 20.5. The number of nitrogens with zero attached hydrogens (tertiary/aromatic N) is 2. The van der Waals surface area contributed by atoms with E-state index in [-0.39, 0.29) is 6.10 Å². The fourth-order valence-corrected chi connectivity index (χ4v) is 5.43. The molecule has 2 aliphatic rings. The van der Waals surface area contributed by atoms with Crippen LogP contribution in [0.1, 0.15) is 81.8 Å². The van der Waals surface area contributed by atoms with Crippen molar-refractivity contribution < 1.29 is 14.6 Å². The quantitative estimate of drug-likeness (QED) is 0.651. The Hall–Kier alpha value is -1.14. The number of carbonyl (C=O) groups is 1. The summed E-state index contributed by atoms with van der Waals surface area (Å²) in [6, 6.07) is 0. The van der Waals surface area contributed by atoms with E-state index in [9.17, 15) is 9.90 Å². The van der Waals surface area contributed by atoms with Gasteiger partial charge in [-0.3, -0.25) is 4.98 Å². The minimum absolute atomic E-state index is 0.270. The van der Waals surface area contributed by atoms with E-state index in [1.54, 1.807) is 13.8 Å². The van der Waals surface area contributed by atoms with Gasteiger partial charge in [0.2, 0.25) is 0 Å². The predicted octanol–water partition coefficient (Wildman–Crippen LogP) is 5.00. The van der Waals surface area contributed by atoms with Crippen molar-refractivity contribution in [1.29, 1.82) is 0 Å². The third kappa shape index (κ3) is 4.38. The van der Waals surface area contributed by atoms with Crippen LogP contribution in [0.2, 0.25) is 0 Å². The zero-order chi connectivity index (χ0) is 20.5. The second-order valence-corrected chi connectivity index (χ2v) is 9.59. The highest BCUT2D eigenvalue weighted by molar-refractivity contribution is 9.10. The Morgan fingerprint density at radius 3 is 2.29 bits per heavy atom. The number of pyridine rings is 1. The third-order valence-corrected chi connectivity index (χ3v) is 7.36. The maximum Gasteiger partial charge on any atom is 0.340 e. The number of anilines is 1. The van der Waals surface area contributed by atoms with Crippen molar-refractivity contribution in [1.82, 2.24) is 4.98 Å². The number of aliphatic hydroxyl groups excluding tert-OH is 1. The maximum atomic E-state index is 12.4. The maximum absolute atomic E-state index is 12.4. The molecule has 1 aromatic rings. The number of aliphatic hydroxyl groups is 1. The van der Waals surface area contributed by atoms with Crippen LogP contribution in [0.15, 0.2) is 4.47 Å². The molecule has 1 atom stereocenters. The smallest absolute Gasteiger partial charge is 0.340 e. The van der Waals surface area contributed by atoms with Gasteiger partial charge in [-0.15, -0.1) is 0 Å². The summed E-state index contributed by atoms with van der Waals surface area (Å²) in [5.41, 5.74) is 3.53. The summed E-state index contributed by atoms with van der Waals surface area (Å²) >= 11 is 3.69. The van der Waals surface area contributed by atoms with Gasteiger partial charge in [-0.25, -0.2) is 4.79 Å². The van der Waals surface area contributed by atoms with Crippen LogP contribution in [0.4, 0.5) is 5.69 Å². The molecular formula is C22H33BrN2O3. The summed E-state index contributed by atoms with van der Waals surface area (Å²) in [5, 5.41) is 10.8. The second kappa shape index (κ2) is 8.70. The van der Waals surface area contributed by atoms with E-state index < -0.39 is 12.1 Å². The lowest BCUT2D eigenvalue weighted by atomic mass is 9.68. The Morgan fingerprint density at radius 2 is 1.71 bits per heavy atom. The molecule has 5 nitrogen and oxygen atoms in total. The van der Waals surface area contributed by atoms with Gasteiger partial charge in [0.05, 0.1) is 22.0 Å². The Bertz CT molecular complexity index is 719. The van der Waals surface area contributed by atoms with E-state index in [1.165, 1.54) is 44.9 Å². The van der Waals surface area contributed by atoms with Crippen LogP contribution in [0.3, 0.4) is 0 Å². The average molecular weight is 453 g/mol. The zero-order valence-electron chi connectivity index (χ0n) is 17.6. The SMILES string of the molecule is Cc1nc(C)c(C(O)C(=O)OC(C)C)c(N2CCC3(CCCCC3)CC2)c1Br. The molecule has 1 aliphatic carbocycles. The van der Waals surface area contributed by atoms with E-state index in [1.807, 2.05) is 13.8 Å². The molecule has 28 heavy (non-hydrogen) atoms. The van der Waals surface area contributed by atoms with Crippen LogP contribution >= 0.6 is 15.9 Å². The van der Waals surface area contributed by atoms with Crippen molar-refractivity contribution in [3.63, 3.8) is 0 Å². The van der Waals surface area contributed by atoms with Gasteiger partial charge in [0, 0.05) is 24.3 Å². The average Bonchev–Trinajstić information content (AvgIpc) is 2.65. The molecule has 0 amide bonds. The number of piperidine rings is 1. The molecule has 6 heteroatoms. The second-order valence-electron chi connectivity index (χ2n) is 8.79. The lowest BCUT2D eigenvalue weighted by molar-refractivity contribution is -0.157. The van der Waals surface area contributed by atoms with Crippen LogP contribution in [0.5, 0.6) is 0 Å². The Labute approximate surface area is 177 Å². The summed E-state index contributed by atoms with van der Waals surface area (Å²) in [4.78, 5) is 19.3. The molecule has 2 heterocycles. The van der Waals surface area contributed by atoms with E-state index in [0.29, 0.717) is 16.7 Å². The van der Waals surface area contributed by atoms with Crippen LogP contribution in [0, 0.1) is 19.3 Å². The van der Waals surface area contributed by atoms with Gasteiger partial charge >= 0.3 is 5.97 Å². The van der Waals surface area contributed by atoms with Gasteiger partial charge in [0.1, 0.15) is 0 Å². The Morgan fingerprint density at radius 1 is 1.11 bits per heavy atom. The van der Waals surface area contributed by atoms with Gasteiger partial charge in [-0.1, -0.05) is 19.3 Å². The van der Waals surface area contributed by atoms with Crippen molar-refractivity contribution in [3.05, 3.63) is 21.4 Å². The minimum Gasteiger partial charge on any atom is -0.461 e. The van der Waals surface area contributed by atoms with Gasteiger partial charge in [0.25, 0.3) is 0 Å². The molecule has 0 radical (unpaired) electrons. The van der Waals surface area contributed by atoms with Crippen molar-refractivity contribution in [2.45, 2.75) is 84.8 Å². The van der Waals surface area contributed by atoms with E-state index in [4.69, 9.17) is 4.74 Å². The van der Waals surface area contributed by atoms with Crippen LogP contribution in [-0.2, 0) is 9.53 Å². The van der Waals surface area contributed by atoms with Gasteiger partial charge in [0.15, 0.2) is 6.10 Å². The van der Waals surface area contributed by atoms with Gasteiger partial charge in [-0.05, 0) is 74.7 Å². The number of rotatable bonds is 4. The Kier molecular flexibility index (Phi) is 6.70. The van der Waals surface area contributed by atoms with Crippen LogP contribution in [-0.4, -0.2) is 35.3 Å². The summed E-state index contributed by atoms with van der Waals surface area (Å²) in [6.45, 7) is 9.28. The van der Waals surface area contributed by atoms with Crippen molar-refractivity contribution in [2.75, 3.05) is 18.0 Å². The summed E-state index contributed by atoms with van der Waals surface area (Å²) < 4.78 is 6.14. The molecule has 2 fully saturated rings. The number of ether oxygens (including phenoxy) is 1. The predicted molar refractivity (Wildman–Crippen MR) is 115 cm³/mol. The third-order valence-electron chi connectivity index (χ3n) is 6.41. The molecule has 1 saturated heterocycles. The standard InChI is InChI=1S/C22H33BrN2O3/c1-14(2)28-21(27)20(26)17-15(3)24-16(4)18(23)19(17)25-12-10-22(11-13-25)8-6-5-7-9-22/h14,20,26H,5-13H2,1-4H3. The largest absolute Gasteiger partial charge is 0.461 e. The first-order valence-electron chi connectivity index (χ1n) is 10.5. The number of aryl methyl sites for hydroxylation is 2. The van der Waals surface area contributed by atoms with Crippen molar-refractivity contribution in [2.24, 2.45) is 5.41 Å². The van der Waals surface area contributed by atoms with E-state index in [2.05, 4.69) is 25.8 Å². The highest BCUT2D eigenvalue weighted by Gasteiger charge is 2.38. The monoisotopic (exact) mass is 452 g/mol. The fourth-order valence-electron chi connectivity index (χ4n) is 4.88. The molecule has 1 unspecified atom stereocenters. The highest BCUT2D eigenvalue weighted by atomic mass is 79.9. The molecule has 1 aliphatic heterocycles. The molecule has 0 aromatic carbocycles. The van der Waals surface area contributed by atoms with Crippen LogP contribution in [0.25, 0.3) is 0 Å². The molecule has 1 N–H and O–H groups in total. The number of aromatic nitrogens is 1. The first-order chi connectivity index (χ1) is 13.2.